The van der Waals surface area contributed by atoms with Crippen molar-refractivity contribution in [3.8, 4) is 0 Å². The van der Waals surface area contributed by atoms with E-state index in [0.29, 0.717) is 25.6 Å². The second kappa shape index (κ2) is 9.23. The molecule has 0 radical (unpaired) electrons. The maximum atomic E-state index is 10.3. The van der Waals surface area contributed by atoms with Gasteiger partial charge in [0.05, 0.1) is 24.5 Å². The summed E-state index contributed by atoms with van der Waals surface area (Å²) in [5.41, 5.74) is 6.24. The number of nitrogens with one attached hydrogen (secondary N) is 3. The van der Waals surface area contributed by atoms with Crippen LogP contribution in [-0.2, 0) is 6.54 Å². The number of nitrogens with zero attached hydrogens (tertiary/aromatic N) is 5. The number of imidazole rings is 1. The summed E-state index contributed by atoms with van der Waals surface area (Å²) in [7, 11) is 0. The Labute approximate surface area is 199 Å². The van der Waals surface area contributed by atoms with Crippen LogP contribution >= 0.6 is 0 Å². The highest BCUT2D eigenvalue weighted by Gasteiger charge is 2.23. The van der Waals surface area contributed by atoms with Crippen LogP contribution in [0.25, 0.3) is 11.3 Å². The highest BCUT2D eigenvalue weighted by molar-refractivity contribution is 5.61. The molecule has 5 heterocycles. The van der Waals surface area contributed by atoms with Crippen LogP contribution in [0.2, 0.25) is 0 Å². The fraction of sp³-hybridized carbons (Fsp3) is 0.480. The lowest BCUT2D eigenvalue weighted by molar-refractivity contribution is 0.0883. The molecule has 180 valence electrons. The summed E-state index contributed by atoms with van der Waals surface area (Å²) in [5.74, 6) is 2.15. The zero-order valence-corrected chi connectivity index (χ0v) is 20.3. The van der Waals surface area contributed by atoms with E-state index in [2.05, 4.69) is 71.5 Å². The first-order chi connectivity index (χ1) is 16.4. The van der Waals surface area contributed by atoms with Gasteiger partial charge in [0.15, 0.2) is 5.65 Å². The third-order valence-electron chi connectivity index (χ3n) is 6.66. The summed E-state index contributed by atoms with van der Waals surface area (Å²) in [6.45, 7) is 11.3. The van der Waals surface area contributed by atoms with Crippen molar-refractivity contribution >= 4 is 22.9 Å². The van der Waals surface area contributed by atoms with Crippen molar-refractivity contribution in [2.24, 2.45) is 5.92 Å². The molecule has 0 bridgehead atoms. The molecule has 0 spiro atoms. The van der Waals surface area contributed by atoms with Crippen molar-refractivity contribution < 1.29 is 5.11 Å². The van der Waals surface area contributed by atoms with Crippen LogP contribution in [0.1, 0.15) is 48.7 Å². The van der Waals surface area contributed by atoms with Crippen LogP contribution in [0.5, 0.6) is 0 Å². The average Bonchev–Trinajstić information content (AvgIpc) is 3.41. The number of fused-ring (bicyclic) bond motifs is 2. The van der Waals surface area contributed by atoms with Gasteiger partial charge in [-0.15, -0.1) is 0 Å². The highest BCUT2D eigenvalue weighted by atomic mass is 16.3. The molecule has 1 fully saturated rings. The molecule has 4 N–H and O–H groups in total. The van der Waals surface area contributed by atoms with Crippen LogP contribution in [0.3, 0.4) is 0 Å². The van der Waals surface area contributed by atoms with Gasteiger partial charge in [-0.05, 0) is 50.4 Å². The summed E-state index contributed by atoms with van der Waals surface area (Å²) in [5, 5.41) is 25.1. The van der Waals surface area contributed by atoms with Crippen LogP contribution in [0, 0.1) is 19.8 Å². The van der Waals surface area contributed by atoms with E-state index in [1.54, 1.807) is 0 Å². The van der Waals surface area contributed by atoms with Gasteiger partial charge in [-0.25, -0.2) is 9.97 Å². The molecular formula is C25H34N8O. The molecule has 4 aromatic rings. The van der Waals surface area contributed by atoms with Gasteiger partial charge in [-0.1, -0.05) is 13.8 Å². The molecular weight excluding hydrogens is 428 g/mol. The van der Waals surface area contributed by atoms with E-state index in [4.69, 9.17) is 9.97 Å². The van der Waals surface area contributed by atoms with Gasteiger partial charge in [0.25, 0.3) is 0 Å². The first-order valence-corrected chi connectivity index (χ1v) is 12.1. The van der Waals surface area contributed by atoms with E-state index in [0.717, 1.165) is 47.2 Å². The standard InChI is InChI=1S/C25H34N8O/c1-15(2)20-12-29-33-23(28-11-19-14-32-17(4)7-16(3)8-24(32)30-19)9-22(31-25(20)33)27-10-18-5-6-26-13-21(18)34/h7-9,12,14-15,18,21,26,28,34H,5-6,10-11,13H2,1-4H3,(H,27,31)/t18-,21+/m1/s1. The normalized spacial score (nSPS) is 18.8. The number of β-amino-alcohol motifs (C(OH)–C–C–N with tert-alkyl or cyclic N) is 1. The zero-order valence-electron chi connectivity index (χ0n) is 20.3. The molecule has 1 aliphatic rings. The van der Waals surface area contributed by atoms with E-state index in [9.17, 15) is 5.11 Å². The Bertz CT molecular complexity index is 1310. The first-order valence-electron chi connectivity index (χ1n) is 12.1. The molecule has 2 atom stereocenters. The number of aromatic nitrogens is 5. The van der Waals surface area contributed by atoms with Crippen LogP contribution in [0.15, 0.2) is 30.6 Å². The molecule has 0 unspecified atom stereocenters. The Morgan fingerprint density at radius 3 is 2.82 bits per heavy atom. The smallest absolute Gasteiger partial charge is 0.163 e. The summed E-state index contributed by atoms with van der Waals surface area (Å²) < 4.78 is 3.99. The number of rotatable bonds is 7. The minimum Gasteiger partial charge on any atom is -0.391 e. The summed E-state index contributed by atoms with van der Waals surface area (Å²) in [6.07, 6.45) is 4.58. The number of piperidine rings is 1. The third kappa shape index (κ3) is 4.45. The van der Waals surface area contributed by atoms with E-state index >= 15 is 0 Å². The topological polar surface area (TPSA) is 104 Å². The van der Waals surface area contributed by atoms with E-state index < -0.39 is 0 Å². The average molecular weight is 463 g/mol. The maximum Gasteiger partial charge on any atom is 0.163 e. The number of aryl methyl sites for hydroxylation is 2. The molecule has 9 heteroatoms. The Morgan fingerprint density at radius 2 is 2.03 bits per heavy atom. The minimum atomic E-state index is -0.342. The summed E-state index contributed by atoms with van der Waals surface area (Å²) >= 11 is 0. The van der Waals surface area contributed by atoms with Crippen LogP contribution in [0.4, 0.5) is 11.6 Å². The molecule has 0 amide bonds. The van der Waals surface area contributed by atoms with E-state index in [1.165, 1.54) is 11.3 Å². The zero-order chi connectivity index (χ0) is 23.8. The van der Waals surface area contributed by atoms with Gasteiger partial charge in [0.1, 0.15) is 17.3 Å². The Kier molecular flexibility index (Phi) is 6.14. The van der Waals surface area contributed by atoms with Crippen molar-refractivity contribution in [2.45, 2.75) is 52.7 Å². The number of hydrogen-bond donors (Lipinski definition) is 4. The van der Waals surface area contributed by atoms with Crippen molar-refractivity contribution in [1.82, 2.24) is 29.3 Å². The molecule has 0 aromatic carbocycles. The predicted molar refractivity (Wildman–Crippen MR) is 135 cm³/mol. The van der Waals surface area contributed by atoms with Crippen molar-refractivity contribution in [3.05, 3.63) is 53.1 Å². The molecule has 4 aromatic heterocycles. The lowest BCUT2D eigenvalue weighted by Crippen LogP contribution is -2.43. The van der Waals surface area contributed by atoms with Gasteiger partial charge >= 0.3 is 0 Å². The molecule has 0 aliphatic carbocycles. The van der Waals surface area contributed by atoms with Gasteiger partial charge in [0.2, 0.25) is 0 Å². The Morgan fingerprint density at radius 1 is 1.18 bits per heavy atom. The lowest BCUT2D eigenvalue weighted by Gasteiger charge is -2.28. The largest absolute Gasteiger partial charge is 0.391 e. The van der Waals surface area contributed by atoms with Crippen LogP contribution in [-0.4, -0.2) is 54.8 Å². The molecule has 34 heavy (non-hydrogen) atoms. The van der Waals surface area contributed by atoms with Crippen molar-refractivity contribution in [3.63, 3.8) is 0 Å². The minimum absolute atomic E-state index is 0.204. The van der Waals surface area contributed by atoms with Gasteiger partial charge in [-0.2, -0.15) is 9.61 Å². The molecule has 9 nitrogen and oxygen atoms in total. The number of anilines is 2. The fourth-order valence-electron chi connectivity index (χ4n) is 4.71. The van der Waals surface area contributed by atoms with Crippen molar-refractivity contribution in [1.29, 1.82) is 0 Å². The summed E-state index contributed by atoms with van der Waals surface area (Å²) in [4.78, 5) is 9.67. The van der Waals surface area contributed by atoms with Crippen molar-refractivity contribution in [2.75, 3.05) is 30.3 Å². The fourth-order valence-corrected chi connectivity index (χ4v) is 4.71. The van der Waals surface area contributed by atoms with E-state index in [1.807, 2.05) is 16.8 Å². The highest BCUT2D eigenvalue weighted by Crippen LogP contribution is 2.25. The Hall–Kier alpha value is -3.17. The number of hydrogen-bond acceptors (Lipinski definition) is 7. The van der Waals surface area contributed by atoms with Gasteiger partial charge in [-0.3, -0.25) is 0 Å². The molecule has 1 saturated heterocycles. The third-order valence-corrected chi connectivity index (χ3v) is 6.66. The van der Waals surface area contributed by atoms with Gasteiger partial charge < -0.3 is 25.5 Å². The Balaban J connectivity index is 1.41. The number of aliphatic hydroxyl groups is 1. The maximum absolute atomic E-state index is 10.3. The molecule has 5 rings (SSSR count). The second-order valence-corrected chi connectivity index (χ2v) is 9.71. The SMILES string of the molecule is Cc1cc(C)n2cc(CNc3cc(NC[C@H]4CCNC[C@@H]4O)nc4c(C(C)C)cnn34)nc2c1. The quantitative estimate of drug-likeness (QED) is 0.335. The first kappa shape index (κ1) is 22.6. The number of pyridine rings is 1. The summed E-state index contributed by atoms with van der Waals surface area (Å²) in [6, 6.07) is 6.25. The predicted octanol–water partition coefficient (Wildman–Crippen LogP) is 3.11. The van der Waals surface area contributed by atoms with Gasteiger partial charge in [0, 0.05) is 42.5 Å². The van der Waals surface area contributed by atoms with Crippen LogP contribution < -0.4 is 16.0 Å². The van der Waals surface area contributed by atoms with E-state index in [-0.39, 0.29) is 12.0 Å². The second-order valence-electron chi connectivity index (χ2n) is 9.71. The number of aliphatic hydroxyl groups excluding tert-OH is 1. The lowest BCUT2D eigenvalue weighted by atomic mass is 9.95. The monoisotopic (exact) mass is 462 g/mol. The molecule has 1 aliphatic heterocycles. The molecule has 0 saturated carbocycles.